The fourth-order valence-corrected chi connectivity index (χ4v) is 3.10. The summed E-state index contributed by atoms with van der Waals surface area (Å²) in [7, 11) is 0. The van der Waals surface area contributed by atoms with Crippen LogP contribution in [-0.4, -0.2) is 47.8 Å². The standard InChI is InChI=1S/C16H24N2O/c19-12-15(10-13-4-2-1-3-5-13)17-14-8-9-18(11-14)16-6-7-16/h1-5,14-17,19H,6-12H2/t14?,15-/m1/s1. The molecule has 1 saturated heterocycles. The average Bonchev–Trinajstić information content (AvgIpc) is 3.20. The molecule has 3 rings (SSSR count). The molecule has 104 valence electrons. The van der Waals surface area contributed by atoms with Crippen LogP contribution in [0.5, 0.6) is 0 Å². The topological polar surface area (TPSA) is 35.5 Å². The van der Waals surface area contributed by atoms with Gasteiger partial charge in [-0.15, -0.1) is 0 Å². The second-order valence-electron chi connectivity index (χ2n) is 5.95. The second-order valence-corrected chi connectivity index (χ2v) is 5.95. The Bertz CT molecular complexity index is 391. The van der Waals surface area contributed by atoms with E-state index in [1.54, 1.807) is 0 Å². The minimum atomic E-state index is 0.187. The summed E-state index contributed by atoms with van der Waals surface area (Å²) in [4.78, 5) is 2.61. The van der Waals surface area contributed by atoms with Crippen molar-refractivity contribution >= 4 is 0 Å². The fraction of sp³-hybridized carbons (Fsp3) is 0.625. The molecule has 1 unspecified atom stereocenters. The molecule has 19 heavy (non-hydrogen) atoms. The zero-order chi connectivity index (χ0) is 13.1. The number of aliphatic hydroxyl groups excluding tert-OH is 1. The highest BCUT2D eigenvalue weighted by Gasteiger charge is 2.34. The molecule has 2 N–H and O–H groups in total. The molecule has 0 aromatic heterocycles. The zero-order valence-electron chi connectivity index (χ0n) is 11.5. The molecule has 0 radical (unpaired) electrons. The van der Waals surface area contributed by atoms with Crippen LogP contribution in [0.15, 0.2) is 30.3 Å². The number of aliphatic hydroxyl groups is 1. The third-order valence-corrected chi connectivity index (χ3v) is 4.30. The molecule has 2 fully saturated rings. The molecular weight excluding hydrogens is 236 g/mol. The van der Waals surface area contributed by atoms with E-state index in [1.807, 2.05) is 6.07 Å². The summed E-state index contributed by atoms with van der Waals surface area (Å²) in [6.07, 6.45) is 4.92. The third kappa shape index (κ3) is 3.56. The van der Waals surface area contributed by atoms with Gasteiger partial charge in [0.1, 0.15) is 0 Å². The van der Waals surface area contributed by atoms with E-state index in [4.69, 9.17) is 0 Å². The van der Waals surface area contributed by atoms with Crippen molar-refractivity contribution in [3.63, 3.8) is 0 Å². The highest BCUT2D eigenvalue weighted by molar-refractivity contribution is 5.16. The van der Waals surface area contributed by atoms with Crippen molar-refractivity contribution in [2.75, 3.05) is 19.7 Å². The van der Waals surface area contributed by atoms with Crippen LogP contribution in [0.1, 0.15) is 24.8 Å². The predicted molar refractivity (Wildman–Crippen MR) is 77.2 cm³/mol. The molecule has 1 saturated carbocycles. The Kier molecular flexibility index (Phi) is 4.16. The van der Waals surface area contributed by atoms with Crippen LogP contribution < -0.4 is 5.32 Å². The summed E-state index contributed by atoms with van der Waals surface area (Å²) < 4.78 is 0. The van der Waals surface area contributed by atoms with Crippen LogP contribution in [-0.2, 0) is 6.42 Å². The van der Waals surface area contributed by atoms with Gasteiger partial charge in [-0.3, -0.25) is 4.90 Å². The molecule has 2 atom stereocenters. The lowest BCUT2D eigenvalue weighted by molar-refractivity contribution is 0.227. The lowest BCUT2D eigenvalue weighted by Gasteiger charge is -2.22. The molecule has 2 aliphatic rings. The number of likely N-dealkylation sites (tertiary alicyclic amines) is 1. The minimum absolute atomic E-state index is 0.187. The van der Waals surface area contributed by atoms with Gasteiger partial charge in [0.15, 0.2) is 0 Å². The van der Waals surface area contributed by atoms with E-state index in [1.165, 1.54) is 31.4 Å². The lowest BCUT2D eigenvalue weighted by atomic mass is 10.1. The van der Waals surface area contributed by atoms with E-state index in [2.05, 4.69) is 34.5 Å². The van der Waals surface area contributed by atoms with Gasteiger partial charge in [-0.1, -0.05) is 30.3 Å². The van der Waals surface area contributed by atoms with E-state index in [-0.39, 0.29) is 12.6 Å². The largest absolute Gasteiger partial charge is 0.395 e. The Balaban J connectivity index is 1.49. The summed E-state index contributed by atoms with van der Waals surface area (Å²) in [5.74, 6) is 0. The average molecular weight is 260 g/mol. The van der Waals surface area contributed by atoms with Crippen molar-refractivity contribution in [2.45, 2.75) is 43.8 Å². The first kappa shape index (κ1) is 13.1. The van der Waals surface area contributed by atoms with E-state index in [0.717, 1.165) is 19.0 Å². The summed E-state index contributed by atoms with van der Waals surface area (Å²) in [5.41, 5.74) is 1.30. The van der Waals surface area contributed by atoms with Crippen molar-refractivity contribution in [3.8, 4) is 0 Å². The maximum absolute atomic E-state index is 9.56. The molecule has 0 bridgehead atoms. The lowest BCUT2D eigenvalue weighted by Crippen LogP contribution is -2.43. The van der Waals surface area contributed by atoms with Crippen LogP contribution in [0.3, 0.4) is 0 Å². The van der Waals surface area contributed by atoms with Crippen LogP contribution in [0.25, 0.3) is 0 Å². The van der Waals surface area contributed by atoms with Crippen molar-refractivity contribution in [1.29, 1.82) is 0 Å². The van der Waals surface area contributed by atoms with Gasteiger partial charge in [-0.2, -0.15) is 0 Å². The minimum Gasteiger partial charge on any atom is -0.395 e. The van der Waals surface area contributed by atoms with Gasteiger partial charge >= 0.3 is 0 Å². The van der Waals surface area contributed by atoms with Crippen LogP contribution in [0.2, 0.25) is 0 Å². The number of hydrogen-bond donors (Lipinski definition) is 2. The molecule has 3 nitrogen and oxygen atoms in total. The van der Waals surface area contributed by atoms with Crippen molar-refractivity contribution in [3.05, 3.63) is 35.9 Å². The highest BCUT2D eigenvalue weighted by Crippen LogP contribution is 2.29. The van der Waals surface area contributed by atoms with Gasteiger partial charge in [0.2, 0.25) is 0 Å². The first-order valence-electron chi connectivity index (χ1n) is 7.50. The zero-order valence-corrected chi connectivity index (χ0v) is 11.5. The Morgan fingerprint density at radius 2 is 2.00 bits per heavy atom. The summed E-state index contributed by atoms with van der Waals surface area (Å²) in [6, 6.07) is 12.0. The monoisotopic (exact) mass is 260 g/mol. The van der Waals surface area contributed by atoms with E-state index >= 15 is 0 Å². The summed E-state index contributed by atoms with van der Waals surface area (Å²) >= 11 is 0. The molecule has 1 aliphatic carbocycles. The Hall–Kier alpha value is -0.900. The van der Waals surface area contributed by atoms with E-state index < -0.39 is 0 Å². The molecule has 1 aromatic rings. The second kappa shape index (κ2) is 6.04. The molecule has 0 spiro atoms. The Morgan fingerprint density at radius 1 is 1.21 bits per heavy atom. The molecule has 0 amide bonds. The number of benzene rings is 1. The van der Waals surface area contributed by atoms with Gasteiger partial charge in [0.05, 0.1) is 6.61 Å². The van der Waals surface area contributed by atoms with Gasteiger partial charge < -0.3 is 10.4 Å². The van der Waals surface area contributed by atoms with Gasteiger partial charge in [-0.05, 0) is 31.2 Å². The van der Waals surface area contributed by atoms with Crippen LogP contribution in [0, 0.1) is 0 Å². The SMILES string of the molecule is OC[C@@H](Cc1ccccc1)NC1CCN(C2CC2)C1. The fourth-order valence-electron chi connectivity index (χ4n) is 3.10. The Morgan fingerprint density at radius 3 is 2.68 bits per heavy atom. The van der Waals surface area contributed by atoms with E-state index in [9.17, 15) is 5.11 Å². The number of hydrogen-bond acceptors (Lipinski definition) is 3. The van der Waals surface area contributed by atoms with Crippen molar-refractivity contribution < 1.29 is 5.11 Å². The van der Waals surface area contributed by atoms with Gasteiger partial charge in [0.25, 0.3) is 0 Å². The first-order valence-corrected chi connectivity index (χ1v) is 7.50. The van der Waals surface area contributed by atoms with Crippen LogP contribution in [0.4, 0.5) is 0 Å². The smallest absolute Gasteiger partial charge is 0.0587 e. The summed E-state index contributed by atoms with van der Waals surface area (Å²) in [5, 5.41) is 13.2. The molecule has 3 heteroatoms. The number of nitrogens with one attached hydrogen (secondary N) is 1. The highest BCUT2D eigenvalue weighted by atomic mass is 16.3. The number of nitrogens with zero attached hydrogens (tertiary/aromatic N) is 1. The van der Waals surface area contributed by atoms with Crippen LogP contribution >= 0.6 is 0 Å². The maximum atomic E-state index is 9.56. The number of rotatable bonds is 6. The molecule has 1 aliphatic heterocycles. The van der Waals surface area contributed by atoms with E-state index in [0.29, 0.717) is 6.04 Å². The third-order valence-electron chi connectivity index (χ3n) is 4.30. The first-order chi connectivity index (χ1) is 9.35. The molecule has 1 heterocycles. The Labute approximate surface area is 115 Å². The van der Waals surface area contributed by atoms with Crippen molar-refractivity contribution in [1.82, 2.24) is 10.2 Å². The summed E-state index contributed by atoms with van der Waals surface area (Å²) in [6.45, 7) is 2.61. The molecular formula is C16H24N2O. The maximum Gasteiger partial charge on any atom is 0.0587 e. The van der Waals surface area contributed by atoms with Gasteiger partial charge in [0, 0.05) is 31.2 Å². The molecule has 1 aromatic carbocycles. The normalized spacial score (nSPS) is 25.6. The quantitative estimate of drug-likeness (QED) is 0.812. The van der Waals surface area contributed by atoms with Crippen molar-refractivity contribution in [2.24, 2.45) is 0 Å². The predicted octanol–water partition coefficient (Wildman–Crippen LogP) is 1.42. The van der Waals surface area contributed by atoms with Gasteiger partial charge in [-0.25, -0.2) is 0 Å².